The zero-order valence-corrected chi connectivity index (χ0v) is 9.63. The van der Waals surface area contributed by atoms with Crippen LogP contribution in [0.25, 0.3) is 0 Å². The highest BCUT2D eigenvalue weighted by molar-refractivity contribution is 7.89. The predicted molar refractivity (Wildman–Crippen MR) is 57.6 cm³/mol. The highest BCUT2D eigenvalue weighted by Gasteiger charge is 2.30. The molecule has 1 fully saturated rings. The van der Waals surface area contributed by atoms with Gasteiger partial charge in [-0.25, -0.2) is 12.8 Å². The van der Waals surface area contributed by atoms with Crippen molar-refractivity contribution >= 4 is 15.9 Å². The second-order valence-corrected chi connectivity index (χ2v) is 5.51. The van der Waals surface area contributed by atoms with Gasteiger partial charge in [0.2, 0.25) is 5.91 Å². The van der Waals surface area contributed by atoms with Gasteiger partial charge in [0, 0.05) is 5.92 Å². The van der Waals surface area contributed by atoms with Crippen LogP contribution in [0.2, 0.25) is 0 Å². The molecule has 5 nitrogen and oxygen atoms in total. The summed E-state index contributed by atoms with van der Waals surface area (Å²) in [6.07, 6.45) is 1.54. The van der Waals surface area contributed by atoms with Crippen LogP contribution >= 0.6 is 0 Å². The molecular formula is C10H11FN2O3S. The van der Waals surface area contributed by atoms with E-state index < -0.39 is 15.8 Å². The van der Waals surface area contributed by atoms with E-state index >= 15 is 0 Å². The monoisotopic (exact) mass is 258 g/mol. The van der Waals surface area contributed by atoms with Crippen molar-refractivity contribution < 1.29 is 17.6 Å². The van der Waals surface area contributed by atoms with Crippen LogP contribution in [-0.4, -0.2) is 14.3 Å². The smallest absolute Gasteiger partial charge is 0.257 e. The van der Waals surface area contributed by atoms with Crippen LogP contribution in [0.3, 0.4) is 0 Å². The summed E-state index contributed by atoms with van der Waals surface area (Å²) in [7, 11) is -3.91. The van der Waals surface area contributed by atoms with Crippen LogP contribution < -0.4 is 10.3 Å². The fourth-order valence-corrected chi connectivity index (χ4v) is 2.14. The molecule has 1 amide bonds. The number of rotatable bonds is 4. The van der Waals surface area contributed by atoms with E-state index in [0.29, 0.717) is 0 Å². The number of hydrazine groups is 1. The molecule has 0 aromatic heterocycles. The Morgan fingerprint density at radius 1 is 1.35 bits per heavy atom. The summed E-state index contributed by atoms with van der Waals surface area (Å²) in [6, 6.07) is 4.55. The maximum Gasteiger partial charge on any atom is 0.257 e. The number of carbonyl (C=O) groups is 1. The molecule has 0 unspecified atom stereocenters. The van der Waals surface area contributed by atoms with E-state index in [1.165, 1.54) is 12.1 Å². The third kappa shape index (κ3) is 3.01. The zero-order chi connectivity index (χ0) is 12.5. The minimum Gasteiger partial charge on any atom is -0.277 e. The summed E-state index contributed by atoms with van der Waals surface area (Å²) in [5.74, 6) is -1.11. The molecule has 0 spiro atoms. The van der Waals surface area contributed by atoms with Crippen molar-refractivity contribution in [1.82, 2.24) is 10.3 Å². The molecule has 92 valence electrons. The summed E-state index contributed by atoms with van der Waals surface area (Å²) in [6.45, 7) is 0. The van der Waals surface area contributed by atoms with Gasteiger partial charge in [-0.05, 0) is 31.0 Å². The summed E-state index contributed by atoms with van der Waals surface area (Å²) in [4.78, 5) is 12.9. The molecule has 1 saturated carbocycles. The predicted octanol–water partition coefficient (Wildman–Crippen LogP) is 0.545. The van der Waals surface area contributed by atoms with E-state index in [9.17, 15) is 17.6 Å². The quantitative estimate of drug-likeness (QED) is 0.774. The van der Waals surface area contributed by atoms with E-state index in [1.807, 2.05) is 4.83 Å². The summed E-state index contributed by atoms with van der Waals surface area (Å²) in [5.41, 5.74) is 2.10. The Balaban J connectivity index is 2.05. The zero-order valence-electron chi connectivity index (χ0n) is 8.81. The number of amides is 1. The number of hydrogen-bond acceptors (Lipinski definition) is 3. The Labute approximate surface area is 98.0 Å². The van der Waals surface area contributed by atoms with Gasteiger partial charge in [-0.3, -0.25) is 10.2 Å². The van der Waals surface area contributed by atoms with Crippen LogP contribution in [0, 0.1) is 11.7 Å². The summed E-state index contributed by atoms with van der Waals surface area (Å²) >= 11 is 0. The number of carbonyl (C=O) groups excluding carboxylic acids is 1. The lowest BCUT2D eigenvalue weighted by Crippen LogP contribution is -2.42. The minimum atomic E-state index is -3.91. The van der Waals surface area contributed by atoms with Crippen molar-refractivity contribution in [2.24, 2.45) is 5.92 Å². The molecule has 17 heavy (non-hydrogen) atoms. The first-order chi connectivity index (χ1) is 7.99. The molecule has 1 aliphatic carbocycles. The minimum absolute atomic E-state index is 0.106. The van der Waals surface area contributed by atoms with Crippen molar-refractivity contribution in [1.29, 1.82) is 0 Å². The van der Waals surface area contributed by atoms with Gasteiger partial charge in [-0.1, -0.05) is 6.07 Å². The van der Waals surface area contributed by atoms with Gasteiger partial charge in [0.1, 0.15) is 5.82 Å². The lowest BCUT2D eigenvalue weighted by Gasteiger charge is -2.07. The number of benzene rings is 1. The fourth-order valence-electron chi connectivity index (χ4n) is 1.26. The standard InChI is InChI=1S/C10H11FN2O3S/c11-8-2-1-3-9(6-8)17(15,16)13-12-10(14)7-4-5-7/h1-3,6-7,13H,4-5H2,(H,12,14). The average molecular weight is 258 g/mol. The molecule has 1 aromatic carbocycles. The Hall–Kier alpha value is -1.47. The molecule has 0 radical (unpaired) electrons. The number of hydrogen-bond donors (Lipinski definition) is 2. The fraction of sp³-hybridized carbons (Fsp3) is 0.300. The number of nitrogens with one attached hydrogen (secondary N) is 2. The Bertz CT molecular complexity index is 540. The van der Waals surface area contributed by atoms with Crippen molar-refractivity contribution in [2.75, 3.05) is 0 Å². The normalized spacial score (nSPS) is 15.6. The van der Waals surface area contributed by atoms with E-state index in [-0.39, 0.29) is 16.7 Å². The summed E-state index contributed by atoms with van der Waals surface area (Å²) in [5, 5.41) is 0. The lowest BCUT2D eigenvalue weighted by molar-refractivity contribution is -0.122. The first-order valence-electron chi connectivity index (χ1n) is 5.06. The second-order valence-electron chi connectivity index (χ2n) is 3.83. The Kier molecular flexibility index (Phi) is 3.12. The largest absolute Gasteiger partial charge is 0.277 e. The van der Waals surface area contributed by atoms with Gasteiger partial charge in [-0.15, -0.1) is 4.83 Å². The molecule has 1 aliphatic rings. The van der Waals surface area contributed by atoms with Gasteiger partial charge in [-0.2, -0.15) is 0 Å². The van der Waals surface area contributed by atoms with E-state index in [4.69, 9.17) is 0 Å². The second kappa shape index (κ2) is 4.42. The molecule has 2 rings (SSSR count). The number of sulfonamides is 1. The molecule has 0 bridgehead atoms. The molecule has 0 aliphatic heterocycles. The van der Waals surface area contributed by atoms with Gasteiger partial charge >= 0.3 is 0 Å². The average Bonchev–Trinajstić information content (AvgIpc) is 3.10. The maximum absolute atomic E-state index is 12.9. The van der Waals surface area contributed by atoms with Crippen LogP contribution in [0.1, 0.15) is 12.8 Å². The Morgan fingerprint density at radius 2 is 2.06 bits per heavy atom. The molecule has 0 saturated heterocycles. The molecule has 2 N–H and O–H groups in total. The summed E-state index contributed by atoms with van der Waals surface area (Å²) < 4.78 is 36.1. The third-order valence-electron chi connectivity index (χ3n) is 2.36. The maximum atomic E-state index is 12.9. The van der Waals surface area contributed by atoms with Gasteiger partial charge in [0.15, 0.2) is 0 Å². The van der Waals surface area contributed by atoms with Crippen LogP contribution in [0.15, 0.2) is 29.2 Å². The van der Waals surface area contributed by atoms with Crippen molar-refractivity contribution in [3.8, 4) is 0 Å². The SMILES string of the molecule is O=C(NNS(=O)(=O)c1cccc(F)c1)C1CC1. The Morgan fingerprint density at radius 3 is 2.65 bits per heavy atom. The van der Waals surface area contributed by atoms with Crippen molar-refractivity contribution in [3.05, 3.63) is 30.1 Å². The van der Waals surface area contributed by atoms with Crippen LogP contribution in [0.4, 0.5) is 4.39 Å². The van der Waals surface area contributed by atoms with Gasteiger partial charge in [0.25, 0.3) is 10.0 Å². The van der Waals surface area contributed by atoms with Crippen molar-refractivity contribution in [3.63, 3.8) is 0 Å². The highest BCUT2D eigenvalue weighted by atomic mass is 32.2. The van der Waals surface area contributed by atoms with Crippen LogP contribution in [-0.2, 0) is 14.8 Å². The molecular weight excluding hydrogens is 247 g/mol. The highest BCUT2D eigenvalue weighted by Crippen LogP contribution is 2.28. The van der Waals surface area contributed by atoms with Gasteiger partial charge < -0.3 is 0 Å². The van der Waals surface area contributed by atoms with E-state index in [2.05, 4.69) is 5.43 Å². The van der Waals surface area contributed by atoms with Gasteiger partial charge in [0.05, 0.1) is 4.90 Å². The van der Waals surface area contributed by atoms with Crippen molar-refractivity contribution in [2.45, 2.75) is 17.7 Å². The van der Waals surface area contributed by atoms with Crippen LogP contribution in [0.5, 0.6) is 0 Å². The third-order valence-corrected chi connectivity index (χ3v) is 3.61. The van der Waals surface area contributed by atoms with E-state index in [0.717, 1.165) is 25.0 Å². The lowest BCUT2D eigenvalue weighted by atomic mass is 10.4. The molecule has 0 heterocycles. The molecule has 1 aromatic rings. The first kappa shape index (κ1) is 12.0. The van der Waals surface area contributed by atoms with E-state index in [1.54, 1.807) is 0 Å². The first-order valence-corrected chi connectivity index (χ1v) is 6.54. The number of halogens is 1. The topological polar surface area (TPSA) is 75.3 Å². The molecule has 7 heteroatoms. The molecule has 0 atom stereocenters.